The van der Waals surface area contributed by atoms with Gasteiger partial charge in [-0.2, -0.15) is 0 Å². The van der Waals surface area contributed by atoms with Gasteiger partial charge in [0.15, 0.2) is 4.80 Å². The van der Waals surface area contributed by atoms with E-state index in [-0.39, 0.29) is 17.7 Å². The van der Waals surface area contributed by atoms with Crippen LogP contribution in [0.5, 0.6) is 11.5 Å². The van der Waals surface area contributed by atoms with E-state index < -0.39 is 17.8 Å². The molecule has 9 heteroatoms. The zero-order valence-electron chi connectivity index (χ0n) is 19.1. The van der Waals surface area contributed by atoms with Gasteiger partial charge in [0, 0.05) is 5.56 Å². The minimum Gasteiger partial charge on any atom is -0.497 e. The van der Waals surface area contributed by atoms with E-state index in [1.165, 1.54) is 28.0 Å². The van der Waals surface area contributed by atoms with Crippen molar-refractivity contribution in [1.82, 2.24) is 4.57 Å². The van der Waals surface area contributed by atoms with Gasteiger partial charge < -0.3 is 14.2 Å². The molecule has 3 aromatic rings. The minimum absolute atomic E-state index is 0.172. The predicted molar refractivity (Wildman–Crippen MR) is 126 cm³/mol. The summed E-state index contributed by atoms with van der Waals surface area (Å²) in [6.45, 7) is 3.58. The van der Waals surface area contributed by atoms with Gasteiger partial charge in [0.2, 0.25) is 0 Å². The average Bonchev–Trinajstić information content (AvgIpc) is 3.13. The Labute approximate surface area is 199 Å². The number of esters is 1. The summed E-state index contributed by atoms with van der Waals surface area (Å²) in [6, 6.07) is 10.2. The van der Waals surface area contributed by atoms with E-state index in [0.717, 1.165) is 0 Å². The van der Waals surface area contributed by atoms with Crippen LogP contribution in [0.1, 0.15) is 31.0 Å². The monoisotopic (exact) mass is 482 g/mol. The van der Waals surface area contributed by atoms with Gasteiger partial charge in [0.05, 0.1) is 42.7 Å². The molecular formula is C25H23FN2O5S. The summed E-state index contributed by atoms with van der Waals surface area (Å²) >= 11 is 1.19. The number of rotatable bonds is 6. The molecule has 7 nitrogen and oxygen atoms in total. The molecule has 1 aliphatic rings. The molecule has 0 saturated carbocycles. The third kappa shape index (κ3) is 4.26. The third-order valence-corrected chi connectivity index (χ3v) is 6.41. The normalized spacial score (nSPS) is 15.6. The number of allylic oxidation sites excluding steroid dienone is 1. The Hall–Kier alpha value is -3.72. The molecule has 4 rings (SSSR count). The van der Waals surface area contributed by atoms with Gasteiger partial charge in [-0.1, -0.05) is 23.5 Å². The molecule has 1 aliphatic heterocycles. The van der Waals surface area contributed by atoms with Crippen LogP contribution >= 0.6 is 11.3 Å². The molecular weight excluding hydrogens is 459 g/mol. The largest absolute Gasteiger partial charge is 0.497 e. The summed E-state index contributed by atoms with van der Waals surface area (Å²) in [7, 11) is 3.10. The molecule has 34 heavy (non-hydrogen) atoms. The van der Waals surface area contributed by atoms with Crippen LogP contribution < -0.4 is 24.4 Å². The summed E-state index contributed by atoms with van der Waals surface area (Å²) in [5.74, 6) is 0.205. The Bertz CT molecular complexity index is 1450. The number of hydrogen-bond acceptors (Lipinski definition) is 7. The van der Waals surface area contributed by atoms with Gasteiger partial charge in [0.25, 0.3) is 5.56 Å². The first-order valence-electron chi connectivity index (χ1n) is 10.5. The second-order valence-corrected chi connectivity index (χ2v) is 8.47. The number of hydrogen-bond donors (Lipinski definition) is 0. The maximum absolute atomic E-state index is 13.6. The fraction of sp³-hybridized carbons (Fsp3) is 0.240. The lowest BCUT2D eigenvalue weighted by Gasteiger charge is -2.24. The molecule has 0 aliphatic carbocycles. The first kappa shape index (κ1) is 23.4. The Morgan fingerprint density at radius 1 is 1.18 bits per heavy atom. The topological polar surface area (TPSA) is 79.1 Å². The molecule has 0 saturated heterocycles. The summed E-state index contributed by atoms with van der Waals surface area (Å²) in [4.78, 5) is 31.4. The predicted octanol–water partition coefficient (Wildman–Crippen LogP) is 2.95. The van der Waals surface area contributed by atoms with E-state index in [2.05, 4.69) is 4.99 Å². The van der Waals surface area contributed by atoms with E-state index in [4.69, 9.17) is 14.2 Å². The van der Waals surface area contributed by atoms with Crippen molar-refractivity contribution in [3.8, 4) is 11.5 Å². The number of carbonyl (C=O) groups excluding carboxylic acids is 1. The number of methoxy groups -OCH3 is 2. The number of ether oxygens (including phenoxy) is 3. The van der Waals surface area contributed by atoms with Gasteiger partial charge in [0.1, 0.15) is 17.3 Å². The smallest absolute Gasteiger partial charge is 0.338 e. The van der Waals surface area contributed by atoms with E-state index in [1.54, 1.807) is 64.5 Å². The number of halogens is 1. The third-order valence-electron chi connectivity index (χ3n) is 5.43. The van der Waals surface area contributed by atoms with Gasteiger partial charge in [-0.25, -0.2) is 14.2 Å². The highest BCUT2D eigenvalue weighted by Gasteiger charge is 2.33. The SMILES string of the molecule is CCOC(=O)C1=C(C)N=c2s/c(=C\c3cc(OC)ccc3OC)c(=O)n2C1c1ccc(F)cc1. The Balaban J connectivity index is 1.96. The zero-order valence-corrected chi connectivity index (χ0v) is 19.9. The Morgan fingerprint density at radius 3 is 2.56 bits per heavy atom. The molecule has 0 spiro atoms. The first-order chi connectivity index (χ1) is 16.4. The van der Waals surface area contributed by atoms with Crippen LogP contribution in [0.15, 0.2) is 63.5 Å². The van der Waals surface area contributed by atoms with E-state index >= 15 is 0 Å². The maximum atomic E-state index is 13.6. The minimum atomic E-state index is -0.801. The van der Waals surface area contributed by atoms with Crippen molar-refractivity contribution in [2.75, 3.05) is 20.8 Å². The van der Waals surface area contributed by atoms with Crippen LogP contribution in [-0.2, 0) is 9.53 Å². The summed E-state index contributed by atoms with van der Waals surface area (Å²) < 4.78 is 31.5. The maximum Gasteiger partial charge on any atom is 0.338 e. The van der Waals surface area contributed by atoms with Crippen LogP contribution in [-0.4, -0.2) is 31.4 Å². The van der Waals surface area contributed by atoms with Crippen molar-refractivity contribution in [3.63, 3.8) is 0 Å². The van der Waals surface area contributed by atoms with Crippen LogP contribution in [0.2, 0.25) is 0 Å². The Kier molecular flexibility index (Phi) is 6.65. The molecule has 1 aromatic heterocycles. The van der Waals surface area contributed by atoms with Gasteiger partial charge in [-0.05, 0) is 55.8 Å². The lowest BCUT2D eigenvalue weighted by atomic mass is 9.96. The van der Waals surface area contributed by atoms with Gasteiger partial charge in [-0.15, -0.1) is 0 Å². The van der Waals surface area contributed by atoms with Gasteiger partial charge >= 0.3 is 5.97 Å². The number of carbonyl (C=O) groups is 1. The highest BCUT2D eigenvalue weighted by Crippen LogP contribution is 2.31. The summed E-state index contributed by atoms with van der Waals surface area (Å²) in [6.07, 6.45) is 1.70. The average molecular weight is 483 g/mol. The van der Waals surface area contributed by atoms with Crippen molar-refractivity contribution in [2.45, 2.75) is 19.9 Å². The molecule has 0 bridgehead atoms. The van der Waals surface area contributed by atoms with E-state index in [1.807, 2.05) is 0 Å². The Morgan fingerprint density at radius 2 is 1.91 bits per heavy atom. The number of aromatic nitrogens is 1. The molecule has 2 heterocycles. The second kappa shape index (κ2) is 9.64. The van der Waals surface area contributed by atoms with Crippen LogP contribution in [0.25, 0.3) is 6.08 Å². The van der Waals surface area contributed by atoms with Crippen molar-refractivity contribution in [3.05, 3.63) is 90.4 Å². The lowest BCUT2D eigenvalue weighted by Crippen LogP contribution is -2.39. The fourth-order valence-electron chi connectivity index (χ4n) is 3.85. The summed E-state index contributed by atoms with van der Waals surface area (Å²) in [5.41, 5.74) is 1.58. The highest BCUT2D eigenvalue weighted by atomic mass is 32.1. The van der Waals surface area contributed by atoms with Crippen molar-refractivity contribution in [1.29, 1.82) is 0 Å². The number of thiazole rings is 1. The molecule has 0 N–H and O–H groups in total. The first-order valence-corrected chi connectivity index (χ1v) is 11.4. The lowest BCUT2D eigenvalue weighted by molar-refractivity contribution is -0.139. The molecule has 0 radical (unpaired) electrons. The number of benzene rings is 2. The molecule has 0 fully saturated rings. The molecule has 0 amide bonds. The number of fused-ring (bicyclic) bond motifs is 1. The quantitative estimate of drug-likeness (QED) is 0.505. The van der Waals surface area contributed by atoms with Crippen molar-refractivity contribution in [2.24, 2.45) is 4.99 Å². The molecule has 176 valence electrons. The fourth-order valence-corrected chi connectivity index (χ4v) is 4.88. The zero-order chi connectivity index (χ0) is 24.4. The van der Waals surface area contributed by atoms with Gasteiger partial charge in [-0.3, -0.25) is 9.36 Å². The molecule has 1 atom stereocenters. The van der Waals surface area contributed by atoms with Crippen LogP contribution in [0.4, 0.5) is 4.39 Å². The highest BCUT2D eigenvalue weighted by molar-refractivity contribution is 7.07. The molecule has 1 unspecified atom stereocenters. The molecule has 2 aromatic carbocycles. The van der Waals surface area contributed by atoms with E-state index in [9.17, 15) is 14.0 Å². The second-order valence-electron chi connectivity index (χ2n) is 7.46. The van der Waals surface area contributed by atoms with Crippen LogP contribution in [0, 0.1) is 5.82 Å². The standard InChI is InChI=1S/C25H23FN2O5S/c1-5-33-24(30)21-14(2)27-25-28(22(21)15-6-8-17(26)9-7-15)23(29)20(34-25)13-16-12-18(31-3)10-11-19(16)32-4/h6-13,22H,5H2,1-4H3/b20-13-. The van der Waals surface area contributed by atoms with Crippen molar-refractivity contribution >= 4 is 23.4 Å². The van der Waals surface area contributed by atoms with Crippen LogP contribution in [0.3, 0.4) is 0 Å². The summed E-state index contributed by atoms with van der Waals surface area (Å²) in [5, 5.41) is 0. The van der Waals surface area contributed by atoms with E-state index in [0.29, 0.717) is 37.7 Å². The van der Waals surface area contributed by atoms with Crippen molar-refractivity contribution < 1.29 is 23.4 Å². The number of nitrogens with zero attached hydrogens (tertiary/aromatic N) is 2.